The van der Waals surface area contributed by atoms with E-state index in [1.165, 1.54) is 6.07 Å². The van der Waals surface area contributed by atoms with Crippen molar-refractivity contribution in [1.29, 1.82) is 0 Å². The predicted molar refractivity (Wildman–Crippen MR) is 78.1 cm³/mol. The van der Waals surface area contributed by atoms with Crippen molar-refractivity contribution >= 4 is 23.2 Å². The molecule has 0 atom stereocenters. The number of hydrogen-bond donors (Lipinski definition) is 2. The number of aromatic nitrogens is 2. The van der Waals surface area contributed by atoms with E-state index in [1.54, 1.807) is 23.9 Å². The molecule has 6 heteroatoms. The number of aryl methyl sites for hydroxylation is 3. The third-order valence-corrected chi connectivity index (χ3v) is 3.09. The molecule has 0 saturated heterocycles. The molecule has 1 heterocycles. The summed E-state index contributed by atoms with van der Waals surface area (Å²) in [5.74, 6) is -0.159. The van der Waals surface area contributed by atoms with Crippen LogP contribution in [0.25, 0.3) is 0 Å². The molecule has 0 aliphatic rings. The Morgan fingerprint density at radius 2 is 2.20 bits per heavy atom. The van der Waals surface area contributed by atoms with Crippen molar-refractivity contribution in [2.75, 3.05) is 5.32 Å². The number of nitrogens with one attached hydrogen (secondary N) is 1. The van der Waals surface area contributed by atoms with Crippen LogP contribution in [0, 0.1) is 13.8 Å². The van der Waals surface area contributed by atoms with Gasteiger partial charge in [-0.2, -0.15) is 5.10 Å². The quantitative estimate of drug-likeness (QED) is 0.852. The Kier molecular flexibility index (Phi) is 4.29. The Balaban J connectivity index is 1.98. The molecule has 0 bridgehead atoms. The fourth-order valence-electron chi connectivity index (χ4n) is 1.85. The molecule has 1 aromatic carbocycles. The van der Waals surface area contributed by atoms with Crippen LogP contribution >= 0.6 is 11.6 Å². The van der Waals surface area contributed by atoms with Crippen LogP contribution in [0.1, 0.15) is 17.5 Å². The first-order valence-corrected chi connectivity index (χ1v) is 6.61. The molecule has 0 aliphatic carbocycles. The predicted octanol–water partition coefficient (Wildman–Crippen LogP) is 2.89. The molecule has 2 N–H and O–H groups in total. The third-order valence-electron chi connectivity index (χ3n) is 2.87. The van der Waals surface area contributed by atoms with Gasteiger partial charge in [0, 0.05) is 24.2 Å². The first-order chi connectivity index (χ1) is 9.45. The highest BCUT2D eigenvalue weighted by atomic mass is 35.5. The van der Waals surface area contributed by atoms with Crippen molar-refractivity contribution in [3.8, 4) is 5.75 Å². The van der Waals surface area contributed by atoms with Gasteiger partial charge in [0.05, 0.1) is 11.9 Å². The highest BCUT2D eigenvalue weighted by Gasteiger charge is 2.10. The molecule has 0 fully saturated rings. The number of amides is 1. The zero-order chi connectivity index (χ0) is 14.7. The zero-order valence-electron chi connectivity index (χ0n) is 11.4. The van der Waals surface area contributed by atoms with Gasteiger partial charge in [-0.3, -0.25) is 9.48 Å². The molecule has 1 aromatic heterocycles. The molecule has 2 aromatic rings. The van der Waals surface area contributed by atoms with Crippen molar-refractivity contribution in [3.63, 3.8) is 0 Å². The highest BCUT2D eigenvalue weighted by Crippen LogP contribution is 2.30. The zero-order valence-corrected chi connectivity index (χ0v) is 12.1. The SMILES string of the molecule is Cc1cnn(CCC(=O)Nc2cc(Cl)cc(C)c2O)c1. The number of rotatable bonds is 4. The molecule has 0 saturated carbocycles. The van der Waals surface area contributed by atoms with Gasteiger partial charge in [-0.05, 0) is 37.1 Å². The van der Waals surface area contributed by atoms with Crippen molar-refractivity contribution < 1.29 is 9.90 Å². The molecular formula is C14H16ClN3O2. The minimum atomic E-state index is -0.199. The van der Waals surface area contributed by atoms with E-state index < -0.39 is 0 Å². The number of carbonyl (C=O) groups is 1. The van der Waals surface area contributed by atoms with Crippen molar-refractivity contribution in [2.45, 2.75) is 26.8 Å². The Hall–Kier alpha value is -2.01. The molecule has 5 nitrogen and oxygen atoms in total. The first-order valence-electron chi connectivity index (χ1n) is 6.23. The smallest absolute Gasteiger partial charge is 0.226 e. The van der Waals surface area contributed by atoms with E-state index in [0.717, 1.165) is 5.56 Å². The second-order valence-electron chi connectivity index (χ2n) is 4.70. The van der Waals surface area contributed by atoms with Crippen molar-refractivity contribution in [1.82, 2.24) is 9.78 Å². The Bertz CT molecular complexity index is 637. The average Bonchev–Trinajstić information content (AvgIpc) is 2.79. The fourth-order valence-corrected chi connectivity index (χ4v) is 2.12. The summed E-state index contributed by atoms with van der Waals surface area (Å²) in [6, 6.07) is 3.17. The summed E-state index contributed by atoms with van der Waals surface area (Å²) < 4.78 is 1.71. The first kappa shape index (κ1) is 14.4. The van der Waals surface area contributed by atoms with Crippen LogP contribution in [0.4, 0.5) is 5.69 Å². The maximum absolute atomic E-state index is 11.9. The summed E-state index contributed by atoms with van der Waals surface area (Å²) in [6.07, 6.45) is 3.88. The minimum Gasteiger partial charge on any atom is -0.505 e. The van der Waals surface area contributed by atoms with E-state index in [4.69, 9.17) is 11.6 Å². The van der Waals surface area contributed by atoms with Crippen LogP contribution < -0.4 is 5.32 Å². The Labute approximate surface area is 122 Å². The van der Waals surface area contributed by atoms with Gasteiger partial charge in [-0.25, -0.2) is 0 Å². The van der Waals surface area contributed by atoms with Crippen LogP contribution in [0.2, 0.25) is 5.02 Å². The van der Waals surface area contributed by atoms with Gasteiger partial charge in [0.15, 0.2) is 0 Å². The lowest BCUT2D eigenvalue weighted by Crippen LogP contribution is -2.15. The molecule has 20 heavy (non-hydrogen) atoms. The topological polar surface area (TPSA) is 67.2 Å². The maximum Gasteiger partial charge on any atom is 0.226 e. The number of halogens is 1. The van der Waals surface area contributed by atoms with Gasteiger partial charge in [-0.1, -0.05) is 11.6 Å². The number of nitrogens with zero attached hydrogens (tertiary/aromatic N) is 2. The van der Waals surface area contributed by atoms with E-state index >= 15 is 0 Å². The lowest BCUT2D eigenvalue weighted by Gasteiger charge is -2.10. The monoisotopic (exact) mass is 293 g/mol. The van der Waals surface area contributed by atoms with Crippen molar-refractivity contribution in [3.05, 3.63) is 40.7 Å². The lowest BCUT2D eigenvalue weighted by atomic mass is 10.2. The summed E-state index contributed by atoms with van der Waals surface area (Å²) in [7, 11) is 0. The largest absolute Gasteiger partial charge is 0.505 e. The third kappa shape index (κ3) is 3.51. The molecule has 106 valence electrons. The minimum absolute atomic E-state index is 0.0395. The Morgan fingerprint density at radius 3 is 2.85 bits per heavy atom. The normalized spacial score (nSPS) is 10.6. The molecule has 2 rings (SSSR count). The summed E-state index contributed by atoms with van der Waals surface area (Å²) >= 11 is 5.90. The van der Waals surface area contributed by atoms with E-state index in [0.29, 0.717) is 22.8 Å². The standard InChI is InChI=1S/C14H16ClN3O2/c1-9-7-16-18(8-9)4-3-13(19)17-12-6-11(15)5-10(2)14(12)20/h5-8,20H,3-4H2,1-2H3,(H,17,19). The number of phenols is 1. The maximum atomic E-state index is 11.9. The van der Waals surface area contributed by atoms with Gasteiger partial charge < -0.3 is 10.4 Å². The fraction of sp³-hybridized carbons (Fsp3) is 0.286. The summed E-state index contributed by atoms with van der Waals surface area (Å²) in [5.41, 5.74) is 2.00. The number of hydrogen-bond acceptors (Lipinski definition) is 3. The molecule has 0 unspecified atom stereocenters. The van der Waals surface area contributed by atoms with E-state index in [-0.39, 0.29) is 18.1 Å². The van der Waals surface area contributed by atoms with E-state index in [1.807, 2.05) is 13.1 Å². The van der Waals surface area contributed by atoms with Gasteiger partial charge in [0.1, 0.15) is 5.75 Å². The second-order valence-corrected chi connectivity index (χ2v) is 5.13. The van der Waals surface area contributed by atoms with Gasteiger partial charge >= 0.3 is 0 Å². The number of aromatic hydroxyl groups is 1. The van der Waals surface area contributed by atoms with Crippen LogP contribution in [0.15, 0.2) is 24.5 Å². The number of benzene rings is 1. The van der Waals surface area contributed by atoms with Crippen LogP contribution in [-0.4, -0.2) is 20.8 Å². The number of anilines is 1. The number of carbonyl (C=O) groups excluding carboxylic acids is 1. The average molecular weight is 294 g/mol. The molecule has 0 spiro atoms. The molecule has 1 amide bonds. The molecular weight excluding hydrogens is 278 g/mol. The van der Waals surface area contributed by atoms with Crippen molar-refractivity contribution in [2.24, 2.45) is 0 Å². The van der Waals surface area contributed by atoms with Crippen LogP contribution in [0.3, 0.4) is 0 Å². The van der Waals surface area contributed by atoms with Gasteiger partial charge in [0.25, 0.3) is 0 Å². The van der Waals surface area contributed by atoms with Crippen LogP contribution in [-0.2, 0) is 11.3 Å². The van der Waals surface area contributed by atoms with Gasteiger partial charge in [0.2, 0.25) is 5.91 Å². The number of phenolic OH excluding ortho intramolecular Hbond substituents is 1. The van der Waals surface area contributed by atoms with Crippen LogP contribution in [0.5, 0.6) is 5.75 Å². The molecule has 0 radical (unpaired) electrons. The molecule has 0 aliphatic heterocycles. The van der Waals surface area contributed by atoms with Gasteiger partial charge in [-0.15, -0.1) is 0 Å². The summed E-state index contributed by atoms with van der Waals surface area (Å²) in [5, 5.41) is 17.1. The van der Waals surface area contributed by atoms with E-state index in [2.05, 4.69) is 10.4 Å². The highest BCUT2D eigenvalue weighted by molar-refractivity contribution is 6.31. The Morgan fingerprint density at radius 1 is 1.45 bits per heavy atom. The second kappa shape index (κ2) is 5.96. The lowest BCUT2D eigenvalue weighted by molar-refractivity contribution is -0.116. The summed E-state index contributed by atoms with van der Waals surface area (Å²) in [6.45, 7) is 4.15. The summed E-state index contributed by atoms with van der Waals surface area (Å²) in [4.78, 5) is 11.9. The van der Waals surface area contributed by atoms with E-state index in [9.17, 15) is 9.90 Å².